The summed E-state index contributed by atoms with van der Waals surface area (Å²) in [6, 6.07) is 2.03. The van der Waals surface area contributed by atoms with E-state index in [1.807, 2.05) is 0 Å². The first-order valence-electron chi connectivity index (χ1n) is 5.13. The van der Waals surface area contributed by atoms with Gasteiger partial charge in [0.05, 0.1) is 18.1 Å². The zero-order valence-electron chi connectivity index (χ0n) is 9.50. The maximum Gasteiger partial charge on any atom is 0.435 e. The fourth-order valence-corrected chi connectivity index (χ4v) is 1.42. The number of nitrogens with zero attached hydrogens (tertiary/aromatic N) is 3. The van der Waals surface area contributed by atoms with Crippen LogP contribution in [-0.4, -0.2) is 15.0 Å². The van der Waals surface area contributed by atoms with Crippen LogP contribution in [0.3, 0.4) is 0 Å². The summed E-state index contributed by atoms with van der Waals surface area (Å²) in [5.74, 6) is -0.693. The molecule has 0 unspecified atom stereocenters. The molecule has 9 heteroatoms. The minimum absolute atomic E-state index is 0.106. The standard InChI is InChI=1S/C11H5F6N3/c12-5-1-2-6(18-3-5)7-4-19-8(10(13)14)9(20-7)11(15,16)17/h1-4,10H. The van der Waals surface area contributed by atoms with Gasteiger partial charge in [0.25, 0.3) is 6.43 Å². The molecule has 2 heterocycles. The van der Waals surface area contributed by atoms with Crippen LogP contribution in [-0.2, 0) is 6.18 Å². The maximum absolute atomic E-state index is 12.7. The molecule has 2 aromatic rings. The highest BCUT2D eigenvalue weighted by Crippen LogP contribution is 2.34. The van der Waals surface area contributed by atoms with E-state index in [0.717, 1.165) is 24.5 Å². The van der Waals surface area contributed by atoms with E-state index in [1.54, 1.807) is 0 Å². The van der Waals surface area contributed by atoms with Crippen LogP contribution >= 0.6 is 0 Å². The third-order valence-electron chi connectivity index (χ3n) is 2.27. The van der Waals surface area contributed by atoms with Gasteiger partial charge in [-0.25, -0.2) is 18.2 Å². The highest BCUT2D eigenvalue weighted by molar-refractivity contribution is 5.53. The van der Waals surface area contributed by atoms with Crippen molar-refractivity contribution >= 4 is 0 Å². The van der Waals surface area contributed by atoms with Gasteiger partial charge in [-0.15, -0.1) is 0 Å². The van der Waals surface area contributed by atoms with Gasteiger partial charge in [-0.1, -0.05) is 0 Å². The first kappa shape index (κ1) is 14.2. The number of pyridine rings is 1. The molecule has 0 saturated heterocycles. The van der Waals surface area contributed by atoms with Crippen molar-refractivity contribution in [1.82, 2.24) is 15.0 Å². The normalized spacial score (nSPS) is 11.9. The highest BCUT2D eigenvalue weighted by atomic mass is 19.4. The largest absolute Gasteiger partial charge is 0.435 e. The van der Waals surface area contributed by atoms with Crippen LogP contribution in [0.4, 0.5) is 26.3 Å². The molecule has 0 amide bonds. The molecule has 106 valence electrons. The zero-order valence-corrected chi connectivity index (χ0v) is 9.50. The van der Waals surface area contributed by atoms with Crippen molar-refractivity contribution in [1.29, 1.82) is 0 Å². The molecule has 20 heavy (non-hydrogen) atoms. The van der Waals surface area contributed by atoms with Gasteiger partial charge < -0.3 is 0 Å². The molecule has 0 bridgehead atoms. The summed E-state index contributed by atoms with van der Waals surface area (Å²) >= 11 is 0. The Morgan fingerprint density at radius 1 is 0.950 bits per heavy atom. The number of hydrogen-bond acceptors (Lipinski definition) is 3. The second-order valence-electron chi connectivity index (χ2n) is 3.65. The molecule has 0 aliphatic heterocycles. The Morgan fingerprint density at radius 3 is 2.15 bits per heavy atom. The lowest BCUT2D eigenvalue weighted by molar-refractivity contribution is -0.143. The number of alkyl halides is 5. The van der Waals surface area contributed by atoms with E-state index < -0.39 is 29.8 Å². The van der Waals surface area contributed by atoms with Crippen molar-refractivity contribution in [2.45, 2.75) is 12.6 Å². The average Bonchev–Trinajstić information content (AvgIpc) is 2.38. The second kappa shape index (κ2) is 5.06. The average molecular weight is 293 g/mol. The van der Waals surface area contributed by atoms with E-state index in [-0.39, 0.29) is 11.4 Å². The Bertz CT molecular complexity index is 609. The first-order valence-corrected chi connectivity index (χ1v) is 5.13. The third kappa shape index (κ3) is 2.86. The molecule has 0 radical (unpaired) electrons. The minimum atomic E-state index is -5.07. The molecule has 2 aromatic heterocycles. The van der Waals surface area contributed by atoms with Gasteiger partial charge in [-0.3, -0.25) is 9.97 Å². The predicted molar refractivity (Wildman–Crippen MR) is 55.2 cm³/mol. The van der Waals surface area contributed by atoms with Gasteiger partial charge in [0, 0.05) is 0 Å². The molecule has 0 saturated carbocycles. The Morgan fingerprint density at radius 2 is 1.65 bits per heavy atom. The summed E-state index contributed by atoms with van der Waals surface area (Å²) in [4.78, 5) is 9.70. The Hall–Kier alpha value is -2.19. The van der Waals surface area contributed by atoms with Crippen molar-refractivity contribution in [2.75, 3.05) is 0 Å². The lowest BCUT2D eigenvalue weighted by Crippen LogP contribution is -2.14. The molecule has 0 aliphatic rings. The smallest absolute Gasteiger partial charge is 0.252 e. The summed E-state index contributed by atoms with van der Waals surface area (Å²) in [5.41, 5.74) is -3.72. The monoisotopic (exact) mass is 293 g/mol. The molecule has 0 aromatic carbocycles. The SMILES string of the molecule is Fc1ccc(-c2cnc(C(F)F)c(C(F)(F)F)n2)nc1. The van der Waals surface area contributed by atoms with Crippen molar-refractivity contribution in [3.8, 4) is 11.4 Å². The predicted octanol–water partition coefficient (Wildman–Crippen LogP) is 3.63. The van der Waals surface area contributed by atoms with Crippen molar-refractivity contribution < 1.29 is 26.3 Å². The van der Waals surface area contributed by atoms with Gasteiger partial charge in [-0.2, -0.15) is 13.2 Å². The number of rotatable bonds is 2. The number of halogens is 6. The number of aromatic nitrogens is 3. The van der Waals surface area contributed by atoms with E-state index >= 15 is 0 Å². The third-order valence-corrected chi connectivity index (χ3v) is 2.27. The Balaban J connectivity index is 2.55. The molecule has 3 nitrogen and oxygen atoms in total. The van der Waals surface area contributed by atoms with Crippen LogP contribution in [0.5, 0.6) is 0 Å². The van der Waals surface area contributed by atoms with Gasteiger partial charge >= 0.3 is 6.18 Å². The summed E-state index contributed by atoms with van der Waals surface area (Å²) in [6.45, 7) is 0. The van der Waals surface area contributed by atoms with E-state index in [4.69, 9.17) is 0 Å². The quantitative estimate of drug-likeness (QED) is 0.794. The van der Waals surface area contributed by atoms with Crippen LogP contribution in [0.2, 0.25) is 0 Å². The summed E-state index contributed by atoms with van der Waals surface area (Å²) in [7, 11) is 0. The molecule has 0 spiro atoms. The molecular formula is C11H5F6N3. The van der Waals surface area contributed by atoms with E-state index in [1.165, 1.54) is 0 Å². The molecule has 0 aliphatic carbocycles. The van der Waals surface area contributed by atoms with Gasteiger partial charge in [0.1, 0.15) is 17.2 Å². The summed E-state index contributed by atoms with van der Waals surface area (Å²) in [6.07, 6.45) is -6.98. The molecule has 2 rings (SSSR count). The molecule has 0 fully saturated rings. The maximum atomic E-state index is 12.7. The molecule has 0 N–H and O–H groups in total. The summed E-state index contributed by atoms with van der Waals surface area (Å²) < 4.78 is 75.6. The van der Waals surface area contributed by atoms with Crippen LogP contribution < -0.4 is 0 Å². The minimum Gasteiger partial charge on any atom is -0.252 e. The lowest BCUT2D eigenvalue weighted by Gasteiger charge is -2.11. The van der Waals surface area contributed by atoms with Crippen molar-refractivity contribution in [2.24, 2.45) is 0 Å². The van der Waals surface area contributed by atoms with Crippen molar-refractivity contribution in [3.05, 3.63) is 41.7 Å². The number of hydrogen-bond donors (Lipinski definition) is 0. The first-order chi connectivity index (χ1) is 9.29. The fraction of sp³-hybridized carbons (Fsp3) is 0.182. The van der Waals surface area contributed by atoms with Crippen LogP contribution in [0, 0.1) is 5.82 Å². The second-order valence-corrected chi connectivity index (χ2v) is 3.65. The van der Waals surface area contributed by atoms with Gasteiger partial charge in [0.2, 0.25) is 0 Å². The van der Waals surface area contributed by atoms with Crippen LogP contribution in [0.15, 0.2) is 24.5 Å². The highest BCUT2D eigenvalue weighted by Gasteiger charge is 2.39. The molecular weight excluding hydrogens is 288 g/mol. The van der Waals surface area contributed by atoms with Gasteiger partial charge in [0.15, 0.2) is 5.69 Å². The zero-order chi connectivity index (χ0) is 14.9. The van der Waals surface area contributed by atoms with Crippen LogP contribution in [0.25, 0.3) is 11.4 Å². The van der Waals surface area contributed by atoms with E-state index in [2.05, 4.69) is 15.0 Å². The topological polar surface area (TPSA) is 38.7 Å². The Labute approximate surface area is 108 Å². The Kier molecular flexibility index (Phi) is 3.60. The van der Waals surface area contributed by atoms with E-state index in [9.17, 15) is 26.3 Å². The lowest BCUT2D eigenvalue weighted by atomic mass is 10.2. The van der Waals surface area contributed by atoms with Crippen LogP contribution in [0.1, 0.15) is 17.8 Å². The summed E-state index contributed by atoms with van der Waals surface area (Å²) in [5, 5.41) is 0. The van der Waals surface area contributed by atoms with E-state index in [0.29, 0.717) is 0 Å². The fourth-order valence-electron chi connectivity index (χ4n) is 1.42. The van der Waals surface area contributed by atoms with Crippen molar-refractivity contribution in [3.63, 3.8) is 0 Å². The molecule has 0 atom stereocenters. The van der Waals surface area contributed by atoms with Gasteiger partial charge in [-0.05, 0) is 12.1 Å².